The third-order valence-electron chi connectivity index (χ3n) is 3.02. The van der Waals surface area contributed by atoms with Gasteiger partial charge in [0, 0.05) is 11.2 Å². The summed E-state index contributed by atoms with van der Waals surface area (Å²) >= 11 is 0. The van der Waals surface area contributed by atoms with Crippen LogP contribution in [0.5, 0.6) is 0 Å². The molecular formula is C17H18F2N2O3S. The minimum Gasteiger partial charge on any atom is -0.322 e. The highest BCUT2D eigenvalue weighted by molar-refractivity contribution is 7.89. The zero-order valence-corrected chi connectivity index (χ0v) is 14.7. The summed E-state index contributed by atoms with van der Waals surface area (Å²) in [6.07, 6.45) is 0. The van der Waals surface area contributed by atoms with Crippen molar-refractivity contribution in [3.63, 3.8) is 0 Å². The van der Waals surface area contributed by atoms with Crippen molar-refractivity contribution in [2.45, 2.75) is 31.2 Å². The molecule has 8 heteroatoms. The quantitative estimate of drug-likeness (QED) is 0.870. The molecule has 0 heterocycles. The second-order valence-corrected chi connectivity index (χ2v) is 8.14. The summed E-state index contributed by atoms with van der Waals surface area (Å²) in [4.78, 5) is 12.0. The van der Waals surface area contributed by atoms with Crippen molar-refractivity contribution in [3.05, 3.63) is 59.7 Å². The van der Waals surface area contributed by atoms with Crippen LogP contribution in [0.15, 0.2) is 47.4 Å². The average Bonchev–Trinajstić information content (AvgIpc) is 2.47. The summed E-state index contributed by atoms with van der Waals surface area (Å²) in [7, 11) is -3.79. The predicted octanol–water partition coefficient (Wildman–Crippen LogP) is 3.29. The van der Waals surface area contributed by atoms with Crippen LogP contribution in [-0.2, 0) is 10.0 Å². The van der Waals surface area contributed by atoms with Crippen LogP contribution in [0.3, 0.4) is 0 Å². The Morgan fingerprint density at radius 1 is 1.04 bits per heavy atom. The Balaban J connectivity index is 2.28. The fourth-order valence-corrected chi connectivity index (χ4v) is 3.54. The van der Waals surface area contributed by atoms with Crippen LogP contribution < -0.4 is 10.0 Å². The van der Waals surface area contributed by atoms with Gasteiger partial charge in [0.15, 0.2) is 0 Å². The van der Waals surface area contributed by atoms with Crippen LogP contribution in [0.1, 0.15) is 31.1 Å². The molecule has 0 aromatic heterocycles. The molecule has 5 nitrogen and oxygen atoms in total. The third-order valence-corrected chi connectivity index (χ3v) is 4.77. The van der Waals surface area contributed by atoms with E-state index in [4.69, 9.17) is 0 Å². The molecule has 0 fully saturated rings. The number of carbonyl (C=O) groups is 1. The van der Waals surface area contributed by atoms with E-state index in [1.807, 2.05) is 0 Å². The molecule has 0 bridgehead atoms. The topological polar surface area (TPSA) is 75.3 Å². The normalized spacial score (nSPS) is 12.0. The molecule has 0 saturated carbocycles. The molecular weight excluding hydrogens is 350 g/mol. The van der Waals surface area contributed by atoms with Gasteiger partial charge in [-0.05, 0) is 57.2 Å². The van der Waals surface area contributed by atoms with Gasteiger partial charge >= 0.3 is 0 Å². The first-order valence-corrected chi connectivity index (χ1v) is 8.87. The van der Waals surface area contributed by atoms with E-state index in [2.05, 4.69) is 10.0 Å². The number of anilines is 1. The molecule has 2 rings (SSSR count). The minimum atomic E-state index is -3.79. The molecule has 0 saturated heterocycles. The smallest absolute Gasteiger partial charge is 0.258 e. The lowest BCUT2D eigenvalue weighted by Crippen LogP contribution is -2.40. The van der Waals surface area contributed by atoms with E-state index in [-0.39, 0.29) is 10.6 Å². The first kappa shape index (κ1) is 19.0. The molecule has 134 valence electrons. The molecule has 0 aliphatic heterocycles. The number of benzene rings is 2. The van der Waals surface area contributed by atoms with Gasteiger partial charge in [-0.2, -0.15) is 0 Å². The summed E-state index contributed by atoms with van der Waals surface area (Å²) in [5.41, 5.74) is -1.01. The Morgan fingerprint density at radius 3 is 2.36 bits per heavy atom. The molecule has 25 heavy (non-hydrogen) atoms. The number of hydrogen-bond acceptors (Lipinski definition) is 3. The molecule has 0 aliphatic rings. The van der Waals surface area contributed by atoms with Gasteiger partial charge in [0.25, 0.3) is 5.91 Å². The molecule has 1 amide bonds. The van der Waals surface area contributed by atoms with Crippen molar-refractivity contribution in [2.24, 2.45) is 0 Å². The lowest BCUT2D eigenvalue weighted by Gasteiger charge is -2.20. The number of hydrogen-bond donors (Lipinski definition) is 2. The third kappa shape index (κ3) is 5.07. The Kier molecular flexibility index (Phi) is 5.24. The molecule has 0 unspecified atom stereocenters. The highest BCUT2D eigenvalue weighted by Crippen LogP contribution is 2.19. The van der Waals surface area contributed by atoms with Crippen molar-refractivity contribution in [3.8, 4) is 0 Å². The minimum absolute atomic E-state index is 0.0556. The van der Waals surface area contributed by atoms with E-state index in [9.17, 15) is 22.0 Å². The van der Waals surface area contributed by atoms with Crippen LogP contribution >= 0.6 is 0 Å². The maximum atomic E-state index is 13.6. The lowest BCUT2D eigenvalue weighted by atomic mass is 10.1. The van der Waals surface area contributed by atoms with E-state index in [0.29, 0.717) is 0 Å². The van der Waals surface area contributed by atoms with Gasteiger partial charge in [-0.1, -0.05) is 6.07 Å². The zero-order valence-electron chi connectivity index (χ0n) is 13.9. The standard InChI is InChI=1S/C17H18F2N2O3S/c1-17(2,3)21-25(23,24)13-6-4-5-12(10-13)20-16(22)14-9-11(18)7-8-15(14)19/h4-10,21H,1-3H3,(H,20,22). The van der Waals surface area contributed by atoms with E-state index >= 15 is 0 Å². The Morgan fingerprint density at radius 2 is 1.72 bits per heavy atom. The van der Waals surface area contributed by atoms with Crippen LogP contribution in [0.4, 0.5) is 14.5 Å². The molecule has 0 spiro atoms. The van der Waals surface area contributed by atoms with Gasteiger partial charge in [0.1, 0.15) is 11.6 Å². The van der Waals surface area contributed by atoms with E-state index < -0.39 is 38.7 Å². The molecule has 0 atom stereocenters. The first-order valence-electron chi connectivity index (χ1n) is 7.38. The van der Waals surface area contributed by atoms with Gasteiger partial charge in [-0.25, -0.2) is 21.9 Å². The van der Waals surface area contributed by atoms with Crippen molar-refractivity contribution in [1.82, 2.24) is 4.72 Å². The van der Waals surface area contributed by atoms with Gasteiger partial charge in [-0.3, -0.25) is 4.79 Å². The Bertz CT molecular complexity index is 906. The molecule has 2 N–H and O–H groups in total. The maximum Gasteiger partial charge on any atom is 0.258 e. The maximum absolute atomic E-state index is 13.6. The predicted molar refractivity (Wildman–Crippen MR) is 90.8 cm³/mol. The highest BCUT2D eigenvalue weighted by atomic mass is 32.2. The summed E-state index contributed by atoms with van der Waals surface area (Å²) in [5, 5.41) is 2.36. The van der Waals surface area contributed by atoms with Crippen LogP contribution in [0.25, 0.3) is 0 Å². The number of sulfonamides is 1. The van der Waals surface area contributed by atoms with E-state index in [1.54, 1.807) is 20.8 Å². The van der Waals surface area contributed by atoms with Crippen LogP contribution in [-0.4, -0.2) is 19.9 Å². The molecule has 2 aromatic carbocycles. The zero-order chi connectivity index (χ0) is 18.8. The largest absolute Gasteiger partial charge is 0.322 e. The van der Waals surface area contributed by atoms with Crippen molar-refractivity contribution in [2.75, 3.05) is 5.32 Å². The van der Waals surface area contributed by atoms with Gasteiger partial charge in [-0.15, -0.1) is 0 Å². The highest BCUT2D eigenvalue weighted by Gasteiger charge is 2.22. The van der Waals surface area contributed by atoms with Crippen LogP contribution in [0, 0.1) is 11.6 Å². The van der Waals surface area contributed by atoms with E-state index in [1.165, 1.54) is 24.3 Å². The van der Waals surface area contributed by atoms with Gasteiger partial charge in [0.2, 0.25) is 10.0 Å². The number of carbonyl (C=O) groups excluding carboxylic acids is 1. The molecule has 2 aromatic rings. The monoisotopic (exact) mass is 368 g/mol. The van der Waals surface area contributed by atoms with E-state index in [0.717, 1.165) is 18.2 Å². The van der Waals surface area contributed by atoms with Crippen molar-refractivity contribution in [1.29, 1.82) is 0 Å². The van der Waals surface area contributed by atoms with Crippen LogP contribution in [0.2, 0.25) is 0 Å². The first-order chi connectivity index (χ1) is 11.5. The van der Waals surface area contributed by atoms with Crippen molar-refractivity contribution >= 4 is 21.6 Å². The number of amides is 1. The number of halogens is 2. The lowest BCUT2D eigenvalue weighted by molar-refractivity contribution is 0.102. The van der Waals surface area contributed by atoms with Gasteiger partial charge in [0.05, 0.1) is 10.5 Å². The molecule has 0 aliphatic carbocycles. The SMILES string of the molecule is CC(C)(C)NS(=O)(=O)c1cccc(NC(=O)c2cc(F)ccc2F)c1. The molecule has 0 radical (unpaired) electrons. The second kappa shape index (κ2) is 6.89. The average molecular weight is 368 g/mol. The van der Waals surface area contributed by atoms with Crippen molar-refractivity contribution < 1.29 is 22.0 Å². The Hall–Kier alpha value is -2.32. The summed E-state index contributed by atoms with van der Waals surface area (Å²) in [6, 6.07) is 8.01. The number of nitrogens with one attached hydrogen (secondary N) is 2. The Labute approximate surface area is 145 Å². The second-order valence-electron chi connectivity index (χ2n) is 6.46. The summed E-state index contributed by atoms with van der Waals surface area (Å²) in [6.45, 7) is 5.09. The fourth-order valence-electron chi connectivity index (χ4n) is 2.07. The fraction of sp³-hybridized carbons (Fsp3) is 0.235. The number of rotatable bonds is 4. The summed E-state index contributed by atoms with van der Waals surface area (Å²) in [5.74, 6) is -2.51. The van der Waals surface area contributed by atoms with Gasteiger partial charge < -0.3 is 5.32 Å². The summed E-state index contributed by atoms with van der Waals surface area (Å²) < 4.78 is 54.0.